The van der Waals surface area contributed by atoms with Crippen molar-refractivity contribution in [3.8, 4) is 5.75 Å². The minimum Gasteiger partial charge on any atom is -0.506 e. The molecule has 1 amide bonds. The molecule has 33 heavy (non-hydrogen) atoms. The molecule has 3 aromatic carbocycles. The van der Waals surface area contributed by atoms with Crippen LogP contribution in [0.25, 0.3) is 0 Å². The molecule has 3 aromatic rings. The van der Waals surface area contributed by atoms with Crippen LogP contribution in [-0.2, 0) is 16.3 Å². The summed E-state index contributed by atoms with van der Waals surface area (Å²) in [7, 11) is -4.05. The maximum atomic E-state index is 13.0. The number of halogens is 1. The van der Waals surface area contributed by atoms with Crippen molar-refractivity contribution in [2.75, 3.05) is 13.1 Å². The SMILES string of the molecule is Cc1cc(C(N)=O)c(O)c(S(=O)(=O)c2ccc(CCNC[C@@H](O)c3cccc(Cl)c3)cc2)c1. The zero-order valence-electron chi connectivity index (χ0n) is 18.0. The Morgan fingerprint density at radius 2 is 1.82 bits per heavy atom. The topological polar surface area (TPSA) is 130 Å². The molecule has 0 aliphatic heterocycles. The quantitative estimate of drug-likeness (QED) is 0.342. The highest BCUT2D eigenvalue weighted by Crippen LogP contribution is 2.32. The van der Waals surface area contributed by atoms with Gasteiger partial charge in [-0.25, -0.2) is 8.42 Å². The molecule has 0 aliphatic rings. The lowest BCUT2D eigenvalue weighted by Gasteiger charge is -2.13. The lowest BCUT2D eigenvalue weighted by molar-refractivity contribution is 0.0997. The van der Waals surface area contributed by atoms with E-state index in [1.165, 1.54) is 24.3 Å². The highest BCUT2D eigenvalue weighted by molar-refractivity contribution is 7.91. The summed E-state index contributed by atoms with van der Waals surface area (Å²) >= 11 is 5.94. The Morgan fingerprint density at radius 1 is 1.12 bits per heavy atom. The Hall–Kier alpha value is -2.91. The average Bonchev–Trinajstić information content (AvgIpc) is 2.78. The van der Waals surface area contributed by atoms with Gasteiger partial charge in [0.2, 0.25) is 9.84 Å². The Morgan fingerprint density at radius 3 is 2.45 bits per heavy atom. The van der Waals surface area contributed by atoms with Crippen LogP contribution in [0.5, 0.6) is 5.75 Å². The van der Waals surface area contributed by atoms with E-state index in [2.05, 4.69) is 5.32 Å². The summed E-state index contributed by atoms with van der Waals surface area (Å²) in [6, 6.07) is 16.0. The molecule has 7 nitrogen and oxygen atoms in total. The molecule has 0 bridgehead atoms. The average molecular weight is 489 g/mol. The third-order valence-electron chi connectivity index (χ3n) is 5.17. The molecule has 174 valence electrons. The number of hydrogen-bond donors (Lipinski definition) is 4. The summed E-state index contributed by atoms with van der Waals surface area (Å²) in [6.45, 7) is 2.54. The molecule has 9 heteroatoms. The van der Waals surface area contributed by atoms with E-state index in [1.54, 1.807) is 43.3 Å². The van der Waals surface area contributed by atoms with Gasteiger partial charge in [-0.1, -0.05) is 35.9 Å². The van der Waals surface area contributed by atoms with Gasteiger partial charge in [-0.3, -0.25) is 4.79 Å². The number of aryl methyl sites for hydroxylation is 1. The molecule has 0 unspecified atom stereocenters. The third-order valence-corrected chi connectivity index (χ3v) is 7.19. The number of sulfone groups is 1. The minimum atomic E-state index is -4.05. The summed E-state index contributed by atoms with van der Waals surface area (Å²) in [5.74, 6) is -1.56. The zero-order valence-corrected chi connectivity index (χ0v) is 19.5. The summed E-state index contributed by atoms with van der Waals surface area (Å²) in [4.78, 5) is 11.2. The summed E-state index contributed by atoms with van der Waals surface area (Å²) < 4.78 is 26.1. The predicted molar refractivity (Wildman–Crippen MR) is 126 cm³/mol. The van der Waals surface area contributed by atoms with Crippen molar-refractivity contribution in [1.82, 2.24) is 5.32 Å². The fraction of sp³-hybridized carbons (Fsp3) is 0.208. The first-order valence-electron chi connectivity index (χ1n) is 10.2. The normalized spacial score (nSPS) is 12.5. The molecule has 5 N–H and O–H groups in total. The van der Waals surface area contributed by atoms with Gasteiger partial charge in [0.1, 0.15) is 10.6 Å². The third kappa shape index (κ3) is 5.91. The van der Waals surface area contributed by atoms with Crippen molar-refractivity contribution in [3.05, 3.63) is 87.9 Å². The minimum absolute atomic E-state index is 0.00749. The lowest BCUT2D eigenvalue weighted by atomic mass is 10.1. The number of carbonyl (C=O) groups is 1. The van der Waals surface area contributed by atoms with Crippen LogP contribution in [-0.4, -0.2) is 37.6 Å². The molecule has 0 saturated carbocycles. The number of amides is 1. The monoisotopic (exact) mass is 488 g/mol. The van der Waals surface area contributed by atoms with Crippen molar-refractivity contribution in [1.29, 1.82) is 0 Å². The Balaban J connectivity index is 1.65. The van der Waals surface area contributed by atoms with E-state index in [0.29, 0.717) is 30.1 Å². The molecule has 0 heterocycles. The smallest absolute Gasteiger partial charge is 0.252 e. The summed E-state index contributed by atoms with van der Waals surface area (Å²) in [6.07, 6.45) is -0.0760. The number of carbonyl (C=O) groups excluding carboxylic acids is 1. The number of aliphatic hydroxyl groups is 1. The van der Waals surface area contributed by atoms with Crippen LogP contribution >= 0.6 is 11.6 Å². The van der Waals surface area contributed by atoms with Gasteiger partial charge in [-0.15, -0.1) is 0 Å². The van der Waals surface area contributed by atoms with E-state index >= 15 is 0 Å². The molecule has 0 spiro atoms. The molecule has 0 radical (unpaired) electrons. The number of hydrogen-bond acceptors (Lipinski definition) is 6. The Kier molecular flexibility index (Phi) is 7.76. The van der Waals surface area contributed by atoms with Crippen molar-refractivity contribution >= 4 is 27.3 Å². The molecular weight excluding hydrogens is 464 g/mol. The van der Waals surface area contributed by atoms with E-state index in [1.807, 2.05) is 0 Å². The van der Waals surface area contributed by atoms with Gasteiger partial charge in [0, 0.05) is 11.6 Å². The maximum Gasteiger partial charge on any atom is 0.252 e. The second-order valence-corrected chi connectivity index (χ2v) is 10.1. The first kappa shape index (κ1) is 24.7. The first-order valence-corrected chi connectivity index (χ1v) is 12.1. The standard InChI is InChI=1S/C24H25ClN2O5S/c1-15-11-20(24(26)30)23(29)22(12-15)33(31,32)19-7-5-16(6-8-19)9-10-27-14-21(28)17-3-2-4-18(25)13-17/h2-8,11-13,21,27-29H,9-10,14H2,1H3,(H2,26,30)/t21-/m1/s1. The van der Waals surface area contributed by atoms with Crippen LogP contribution in [0, 0.1) is 6.92 Å². The van der Waals surface area contributed by atoms with Gasteiger partial charge in [-0.2, -0.15) is 0 Å². The van der Waals surface area contributed by atoms with Gasteiger partial charge in [0.05, 0.1) is 16.6 Å². The van der Waals surface area contributed by atoms with Gasteiger partial charge < -0.3 is 21.3 Å². The molecule has 0 aromatic heterocycles. The van der Waals surface area contributed by atoms with Crippen LogP contribution in [0.2, 0.25) is 5.02 Å². The number of aromatic hydroxyl groups is 1. The van der Waals surface area contributed by atoms with E-state index in [-0.39, 0.29) is 15.4 Å². The van der Waals surface area contributed by atoms with Crippen molar-refractivity contribution in [3.63, 3.8) is 0 Å². The number of aliphatic hydroxyl groups excluding tert-OH is 1. The molecular formula is C24H25ClN2O5S. The number of rotatable bonds is 9. The van der Waals surface area contributed by atoms with Crippen molar-refractivity contribution in [2.45, 2.75) is 29.2 Å². The summed E-state index contributed by atoms with van der Waals surface area (Å²) in [5, 5.41) is 24.3. The summed E-state index contributed by atoms with van der Waals surface area (Å²) in [5.41, 5.74) is 7.12. The van der Waals surface area contributed by atoms with Crippen molar-refractivity contribution in [2.24, 2.45) is 5.73 Å². The Bertz CT molecular complexity index is 1260. The van der Waals surface area contributed by atoms with Gasteiger partial charge in [0.25, 0.3) is 5.91 Å². The number of primary amides is 1. The lowest BCUT2D eigenvalue weighted by Crippen LogP contribution is -2.23. The second-order valence-electron chi connectivity index (χ2n) is 7.70. The van der Waals surface area contributed by atoms with E-state index in [9.17, 15) is 23.4 Å². The largest absolute Gasteiger partial charge is 0.506 e. The number of phenols is 1. The second kappa shape index (κ2) is 10.4. The molecule has 0 fully saturated rings. The van der Waals surface area contributed by atoms with Crippen LogP contribution in [0.15, 0.2) is 70.5 Å². The van der Waals surface area contributed by atoms with Gasteiger partial charge in [0.15, 0.2) is 0 Å². The molecule has 1 atom stereocenters. The molecule has 3 rings (SSSR count). The highest BCUT2D eigenvalue weighted by atomic mass is 35.5. The fourth-order valence-electron chi connectivity index (χ4n) is 3.40. The Labute approximate surface area is 197 Å². The van der Waals surface area contributed by atoms with E-state index < -0.39 is 27.6 Å². The van der Waals surface area contributed by atoms with Crippen LogP contribution < -0.4 is 11.1 Å². The van der Waals surface area contributed by atoms with Crippen molar-refractivity contribution < 1.29 is 23.4 Å². The number of benzene rings is 3. The maximum absolute atomic E-state index is 13.0. The van der Waals surface area contributed by atoms with Gasteiger partial charge >= 0.3 is 0 Å². The van der Waals surface area contributed by atoms with Crippen LogP contribution in [0.1, 0.15) is 33.2 Å². The fourth-order valence-corrected chi connectivity index (χ4v) is 5.06. The van der Waals surface area contributed by atoms with Crippen LogP contribution in [0.3, 0.4) is 0 Å². The predicted octanol–water partition coefficient (Wildman–Crippen LogP) is 3.15. The van der Waals surface area contributed by atoms with E-state index in [4.69, 9.17) is 17.3 Å². The molecule has 0 aliphatic carbocycles. The number of nitrogens with one attached hydrogen (secondary N) is 1. The first-order chi connectivity index (χ1) is 15.6. The number of nitrogens with two attached hydrogens (primary N) is 1. The van der Waals surface area contributed by atoms with Crippen LogP contribution in [0.4, 0.5) is 0 Å². The highest BCUT2D eigenvalue weighted by Gasteiger charge is 2.25. The molecule has 0 saturated heterocycles. The van der Waals surface area contributed by atoms with E-state index in [0.717, 1.165) is 11.1 Å². The van der Waals surface area contributed by atoms with Gasteiger partial charge in [-0.05, 0) is 73.0 Å². The zero-order chi connectivity index (χ0) is 24.2.